The van der Waals surface area contributed by atoms with Crippen LogP contribution in [0.15, 0.2) is 0 Å². The summed E-state index contributed by atoms with van der Waals surface area (Å²) in [5.41, 5.74) is -0.770. The van der Waals surface area contributed by atoms with Crippen LogP contribution in [0.25, 0.3) is 0 Å². The zero-order valence-electron chi connectivity index (χ0n) is 7.72. The highest BCUT2D eigenvalue weighted by Crippen LogP contribution is 2.40. The molecule has 0 spiro atoms. The van der Waals surface area contributed by atoms with Gasteiger partial charge < -0.3 is 10.0 Å². The van der Waals surface area contributed by atoms with Gasteiger partial charge in [0.2, 0.25) is 5.91 Å². The second-order valence-corrected chi connectivity index (χ2v) is 3.56. The summed E-state index contributed by atoms with van der Waals surface area (Å²) in [6, 6.07) is 0. The molecule has 68 valence electrons. The molecule has 2 aliphatic heterocycles. The first-order valence-corrected chi connectivity index (χ1v) is 4.09. The van der Waals surface area contributed by atoms with Crippen molar-refractivity contribution in [3.63, 3.8) is 0 Å². The van der Waals surface area contributed by atoms with Crippen LogP contribution in [-0.2, 0) is 4.79 Å². The second-order valence-electron chi connectivity index (χ2n) is 3.56. The molecule has 3 nitrogen and oxygen atoms in total. The molecular formula is C8H12FNO2. The summed E-state index contributed by atoms with van der Waals surface area (Å²) in [5.74, 6) is -0.138. The van der Waals surface area contributed by atoms with Crippen molar-refractivity contribution in [1.29, 1.82) is 0 Å². The van der Waals surface area contributed by atoms with E-state index in [0.29, 0.717) is 12.8 Å². The summed E-state index contributed by atoms with van der Waals surface area (Å²) >= 11 is 0. The summed E-state index contributed by atoms with van der Waals surface area (Å²) in [7, 11) is 0. The number of hydrogen-bond donors (Lipinski definition) is 1. The second kappa shape index (κ2) is 2.42. The first-order valence-electron chi connectivity index (χ1n) is 4.59. The molecule has 2 heterocycles. The quantitative estimate of drug-likeness (QED) is 0.611. The topological polar surface area (TPSA) is 40.5 Å². The number of carbonyl (C=O) groups excluding carboxylic acids is 1. The van der Waals surface area contributed by atoms with Gasteiger partial charge in [0, 0.05) is 12.8 Å². The van der Waals surface area contributed by atoms with E-state index in [9.17, 15) is 9.18 Å². The predicted molar refractivity (Wildman–Crippen MR) is 40.3 cm³/mol. The number of nitrogens with zero attached hydrogens (tertiary/aromatic N) is 1. The summed E-state index contributed by atoms with van der Waals surface area (Å²) in [6.45, 7) is -0.421. The molecule has 0 saturated carbocycles. The smallest absolute Gasteiger partial charge is 0.223 e. The van der Waals surface area contributed by atoms with Crippen LogP contribution in [0.1, 0.15) is 20.6 Å². The first-order chi connectivity index (χ1) is 5.99. The Hall–Kier alpha value is -0.640. The van der Waals surface area contributed by atoms with Gasteiger partial charge in [-0.3, -0.25) is 4.79 Å². The number of fused-ring (bicyclic) bond motifs is 1. The van der Waals surface area contributed by atoms with E-state index in [1.165, 1.54) is 4.90 Å². The fourth-order valence-corrected chi connectivity index (χ4v) is 2.12. The minimum atomic E-state index is -2.07. The Morgan fingerprint density at radius 2 is 2.67 bits per heavy atom. The van der Waals surface area contributed by atoms with Crippen molar-refractivity contribution in [1.82, 2.24) is 4.90 Å². The highest BCUT2D eigenvalue weighted by molar-refractivity contribution is 5.80. The zero-order valence-corrected chi connectivity index (χ0v) is 6.72. The van der Waals surface area contributed by atoms with Gasteiger partial charge in [0.1, 0.15) is 6.15 Å². The number of amides is 1. The Morgan fingerprint density at radius 1 is 1.92 bits per heavy atom. The van der Waals surface area contributed by atoms with Gasteiger partial charge in [-0.1, -0.05) is 0 Å². The molecule has 2 saturated heterocycles. The maximum atomic E-state index is 13.3. The number of carbonyl (C=O) groups is 1. The number of halogens is 1. The molecule has 2 aliphatic rings. The molecule has 1 N–H and O–H groups in total. The molecule has 0 radical (unpaired) electrons. The third-order valence-electron chi connectivity index (χ3n) is 2.82. The molecule has 0 aromatic heterocycles. The van der Waals surface area contributed by atoms with Crippen LogP contribution in [0, 0.1) is 0 Å². The molecule has 4 heteroatoms. The van der Waals surface area contributed by atoms with Crippen molar-refractivity contribution < 1.29 is 15.7 Å². The van der Waals surface area contributed by atoms with E-state index in [4.69, 9.17) is 6.48 Å². The maximum Gasteiger partial charge on any atom is 0.223 e. The fourth-order valence-electron chi connectivity index (χ4n) is 2.12. The Labute approximate surface area is 71.6 Å². The van der Waals surface area contributed by atoms with Gasteiger partial charge in [-0.25, -0.2) is 4.39 Å². The lowest BCUT2D eigenvalue weighted by atomic mass is 9.95. The minimum absolute atomic E-state index is 0.0533. The van der Waals surface area contributed by atoms with Crippen LogP contribution in [0.4, 0.5) is 4.39 Å². The molecule has 0 aromatic rings. The van der Waals surface area contributed by atoms with Crippen molar-refractivity contribution in [2.24, 2.45) is 0 Å². The number of alkyl halides is 1. The molecule has 2 atom stereocenters. The lowest BCUT2D eigenvalue weighted by Crippen LogP contribution is -2.43. The summed E-state index contributed by atoms with van der Waals surface area (Å²) in [4.78, 5) is 12.6. The minimum Gasteiger partial charge on any atom is -0.394 e. The Morgan fingerprint density at radius 3 is 3.25 bits per heavy atom. The van der Waals surface area contributed by atoms with Crippen LogP contribution in [-0.4, -0.2) is 40.8 Å². The standard InChI is InChI=1S/C8H12FNO2/c9-6-3-8(5-11)2-1-7(12)10(8)4-6/h6,11H,1-5H2/t6-,8+/m0/s1/i6D. The molecule has 0 unspecified atom stereocenters. The molecule has 2 rings (SSSR count). The Kier molecular flexibility index (Phi) is 1.38. The van der Waals surface area contributed by atoms with E-state index in [0.717, 1.165) is 0 Å². The van der Waals surface area contributed by atoms with Gasteiger partial charge in [0.25, 0.3) is 0 Å². The largest absolute Gasteiger partial charge is 0.394 e. The van der Waals surface area contributed by atoms with Crippen molar-refractivity contribution >= 4 is 5.91 Å². The SMILES string of the molecule is [2H][C@@]1(F)CN2C(=O)CC[C@]2(CO)C1. The number of rotatable bonds is 1. The van der Waals surface area contributed by atoms with E-state index in [1.807, 2.05) is 0 Å². The van der Waals surface area contributed by atoms with Crippen LogP contribution in [0.2, 0.25) is 0 Å². The Balaban J connectivity index is 2.29. The van der Waals surface area contributed by atoms with Crippen molar-refractivity contribution in [3.05, 3.63) is 0 Å². The van der Waals surface area contributed by atoms with Gasteiger partial charge in [-0.05, 0) is 6.42 Å². The highest BCUT2D eigenvalue weighted by Gasteiger charge is 2.51. The molecule has 0 aliphatic carbocycles. The molecule has 1 amide bonds. The van der Waals surface area contributed by atoms with E-state index in [2.05, 4.69) is 0 Å². The third kappa shape index (κ3) is 0.874. The number of hydrogen-bond acceptors (Lipinski definition) is 2. The predicted octanol–water partition coefficient (Wildman–Crippen LogP) is 0.0817. The average molecular weight is 174 g/mol. The fraction of sp³-hybridized carbons (Fsp3) is 0.875. The van der Waals surface area contributed by atoms with E-state index in [1.54, 1.807) is 0 Å². The monoisotopic (exact) mass is 174 g/mol. The van der Waals surface area contributed by atoms with Crippen molar-refractivity contribution in [2.45, 2.75) is 30.9 Å². The molecule has 12 heavy (non-hydrogen) atoms. The highest BCUT2D eigenvalue weighted by atomic mass is 19.1. The molecular weight excluding hydrogens is 161 g/mol. The lowest BCUT2D eigenvalue weighted by molar-refractivity contribution is -0.130. The molecule has 0 bridgehead atoms. The lowest BCUT2D eigenvalue weighted by Gasteiger charge is -2.28. The normalized spacial score (nSPS) is 48.0. The van der Waals surface area contributed by atoms with Crippen LogP contribution >= 0.6 is 0 Å². The molecule has 0 aromatic carbocycles. The van der Waals surface area contributed by atoms with Crippen molar-refractivity contribution in [3.8, 4) is 0 Å². The maximum absolute atomic E-state index is 13.3. The van der Waals surface area contributed by atoms with Crippen LogP contribution in [0.5, 0.6) is 0 Å². The van der Waals surface area contributed by atoms with E-state index >= 15 is 0 Å². The van der Waals surface area contributed by atoms with Gasteiger partial charge >= 0.3 is 0 Å². The van der Waals surface area contributed by atoms with Crippen LogP contribution < -0.4 is 0 Å². The van der Waals surface area contributed by atoms with E-state index in [-0.39, 0.29) is 25.5 Å². The van der Waals surface area contributed by atoms with E-state index < -0.39 is 11.7 Å². The van der Waals surface area contributed by atoms with Gasteiger partial charge in [0.15, 0.2) is 0 Å². The summed E-state index contributed by atoms with van der Waals surface area (Å²) < 4.78 is 20.5. The third-order valence-corrected chi connectivity index (χ3v) is 2.82. The Bertz CT molecular complexity index is 259. The molecule has 2 fully saturated rings. The summed E-state index contributed by atoms with van der Waals surface area (Å²) in [6.07, 6.45) is -1.27. The number of aliphatic hydroxyl groups excluding tert-OH is 1. The van der Waals surface area contributed by atoms with Crippen molar-refractivity contribution in [2.75, 3.05) is 13.2 Å². The zero-order chi connectivity index (χ0) is 9.69. The van der Waals surface area contributed by atoms with Gasteiger partial charge in [-0.15, -0.1) is 0 Å². The van der Waals surface area contributed by atoms with Gasteiger partial charge in [0.05, 0.1) is 20.1 Å². The van der Waals surface area contributed by atoms with Gasteiger partial charge in [-0.2, -0.15) is 0 Å². The average Bonchev–Trinajstić information content (AvgIpc) is 2.47. The summed E-state index contributed by atoms with van der Waals surface area (Å²) in [5, 5.41) is 9.13. The first kappa shape index (κ1) is 6.83. The van der Waals surface area contributed by atoms with Crippen LogP contribution in [0.3, 0.4) is 0 Å². The number of aliphatic hydroxyl groups is 1.